The monoisotopic (exact) mass is 523 g/mol. The van der Waals surface area contributed by atoms with Crippen LogP contribution >= 0.6 is 23.8 Å². The Kier molecular flexibility index (Phi) is 10.4. The minimum atomic E-state index is -0.435. The molecule has 3 aromatic carbocycles. The van der Waals surface area contributed by atoms with Crippen molar-refractivity contribution in [3.63, 3.8) is 0 Å². The first kappa shape index (κ1) is 26.8. The molecule has 0 aliphatic carbocycles. The summed E-state index contributed by atoms with van der Waals surface area (Å²) in [5.74, 6) is -1.17. The first-order valence-electron chi connectivity index (χ1n) is 11.4. The van der Waals surface area contributed by atoms with E-state index in [2.05, 4.69) is 16.0 Å². The van der Waals surface area contributed by atoms with Gasteiger partial charge in [0, 0.05) is 28.4 Å². The summed E-state index contributed by atoms with van der Waals surface area (Å²) in [6.07, 6.45) is 1.44. The standard InChI is InChI=1S/C27H26ClN3O4S/c28-21-11-5-13-23(18-21)29-26(34)20-10-4-12-22(17-20)30-27(36)31-24(32)14-15-25(33)35-16-6-9-19-7-2-1-3-8-19/h1-5,7-8,10-13,17-18H,6,9,14-16H2,(H,29,34)(H2,30,31,32,36). The minimum absolute atomic E-state index is 0.0427. The molecular formula is C27H26ClN3O4S. The highest BCUT2D eigenvalue weighted by Crippen LogP contribution is 2.17. The second-order valence-corrected chi connectivity index (χ2v) is 8.70. The zero-order valence-corrected chi connectivity index (χ0v) is 21.0. The second-order valence-electron chi connectivity index (χ2n) is 7.86. The molecule has 0 fully saturated rings. The van der Waals surface area contributed by atoms with Crippen LogP contribution in [0.15, 0.2) is 78.9 Å². The Morgan fingerprint density at radius 1 is 0.833 bits per heavy atom. The highest BCUT2D eigenvalue weighted by molar-refractivity contribution is 7.80. The van der Waals surface area contributed by atoms with Crippen LogP contribution < -0.4 is 16.0 Å². The zero-order chi connectivity index (χ0) is 25.8. The van der Waals surface area contributed by atoms with Gasteiger partial charge in [-0.15, -0.1) is 0 Å². The molecule has 0 atom stereocenters. The minimum Gasteiger partial charge on any atom is -0.466 e. The van der Waals surface area contributed by atoms with Gasteiger partial charge in [0.2, 0.25) is 5.91 Å². The Balaban J connectivity index is 1.37. The maximum Gasteiger partial charge on any atom is 0.306 e. The Bertz CT molecular complexity index is 1220. The van der Waals surface area contributed by atoms with Gasteiger partial charge in [-0.25, -0.2) is 0 Å². The number of hydrogen-bond donors (Lipinski definition) is 3. The van der Waals surface area contributed by atoms with Crippen molar-refractivity contribution in [3.8, 4) is 0 Å². The number of halogens is 1. The van der Waals surface area contributed by atoms with E-state index in [4.69, 9.17) is 28.6 Å². The van der Waals surface area contributed by atoms with Crippen molar-refractivity contribution in [1.82, 2.24) is 5.32 Å². The molecule has 0 saturated heterocycles. The van der Waals surface area contributed by atoms with Gasteiger partial charge in [0.05, 0.1) is 13.0 Å². The van der Waals surface area contributed by atoms with E-state index in [0.29, 0.717) is 35.0 Å². The van der Waals surface area contributed by atoms with E-state index in [1.807, 2.05) is 30.3 Å². The number of thiocarbonyl (C=S) groups is 1. The Morgan fingerprint density at radius 2 is 1.56 bits per heavy atom. The number of esters is 1. The highest BCUT2D eigenvalue weighted by atomic mass is 35.5. The van der Waals surface area contributed by atoms with Crippen LogP contribution in [0.2, 0.25) is 5.02 Å². The molecule has 0 aliphatic heterocycles. The van der Waals surface area contributed by atoms with Crippen molar-refractivity contribution in [2.45, 2.75) is 25.7 Å². The van der Waals surface area contributed by atoms with Crippen LogP contribution in [0.3, 0.4) is 0 Å². The maximum atomic E-state index is 12.5. The average Bonchev–Trinajstić information content (AvgIpc) is 2.86. The molecule has 3 rings (SSSR count). The van der Waals surface area contributed by atoms with Gasteiger partial charge < -0.3 is 20.7 Å². The molecule has 0 spiro atoms. The molecule has 36 heavy (non-hydrogen) atoms. The highest BCUT2D eigenvalue weighted by Gasteiger charge is 2.11. The molecule has 3 aromatic rings. The summed E-state index contributed by atoms with van der Waals surface area (Å²) in [6, 6.07) is 23.4. The molecule has 2 amide bonds. The van der Waals surface area contributed by atoms with Gasteiger partial charge in [-0.2, -0.15) is 0 Å². The van der Waals surface area contributed by atoms with E-state index in [1.54, 1.807) is 48.5 Å². The number of nitrogens with one attached hydrogen (secondary N) is 3. The van der Waals surface area contributed by atoms with Gasteiger partial charge in [0.25, 0.3) is 5.91 Å². The van der Waals surface area contributed by atoms with Crippen molar-refractivity contribution in [2.24, 2.45) is 0 Å². The molecule has 0 heterocycles. The number of carbonyl (C=O) groups is 3. The average molecular weight is 524 g/mol. The summed E-state index contributed by atoms with van der Waals surface area (Å²) in [5, 5.41) is 8.74. The lowest BCUT2D eigenvalue weighted by Crippen LogP contribution is -2.34. The van der Waals surface area contributed by atoms with Crippen LogP contribution in [0.4, 0.5) is 11.4 Å². The van der Waals surface area contributed by atoms with E-state index in [1.165, 1.54) is 5.56 Å². The van der Waals surface area contributed by atoms with Gasteiger partial charge in [-0.3, -0.25) is 14.4 Å². The van der Waals surface area contributed by atoms with Crippen molar-refractivity contribution in [3.05, 3.63) is 95.0 Å². The van der Waals surface area contributed by atoms with Crippen molar-refractivity contribution in [1.29, 1.82) is 0 Å². The molecule has 0 aliphatic rings. The van der Waals surface area contributed by atoms with Crippen LogP contribution in [0.25, 0.3) is 0 Å². The molecule has 0 unspecified atom stereocenters. The van der Waals surface area contributed by atoms with Gasteiger partial charge in [-0.1, -0.05) is 54.1 Å². The fourth-order valence-electron chi connectivity index (χ4n) is 3.25. The molecule has 186 valence electrons. The SMILES string of the molecule is O=C(CCC(=O)OCCCc1ccccc1)NC(=S)Nc1cccc(C(=O)Nc2cccc(Cl)c2)c1. The summed E-state index contributed by atoms with van der Waals surface area (Å²) in [4.78, 5) is 36.6. The predicted octanol–water partition coefficient (Wildman–Crippen LogP) is 5.36. The van der Waals surface area contributed by atoms with Crippen molar-refractivity contribution >= 4 is 58.1 Å². The molecule has 9 heteroatoms. The molecular weight excluding hydrogens is 498 g/mol. The lowest BCUT2D eigenvalue weighted by molar-refractivity contribution is -0.145. The lowest BCUT2D eigenvalue weighted by atomic mass is 10.1. The number of anilines is 2. The fourth-order valence-corrected chi connectivity index (χ4v) is 3.68. The van der Waals surface area contributed by atoms with E-state index in [0.717, 1.165) is 6.42 Å². The first-order valence-corrected chi connectivity index (χ1v) is 12.1. The van der Waals surface area contributed by atoms with Gasteiger partial charge in [0.15, 0.2) is 5.11 Å². The molecule has 0 bridgehead atoms. The third-order valence-electron chi connectivity index (χ3n) is 4.99. The fraction of sp³-hybridized carbons (Fsp3) is 0.185. The number of carbonyl (C=O) groups excluding carboxylic acids is 3. The molecule has 0 radical (unpaired) electrons. The molecule has 7 nitrogen and oxygen atoms in total. The number of benzene rings is 3. The van der Waals surface area contributed by atoms with Crippen LogP contribution in [0, 0.1) is 0 Å². The lowest BCUT2D eigenvalue weighted by Gasteiger charge is -2.11. The van der Waals surface area contributed by atoms with Crippen LogP contribution in [0.1, 0.15) is 35.2 Å². The van der Waals surface area contributed by atoms with E-state index in [9.17, 15) is 14.4 Å². The summed E-state index contributed by atoms with van der Waals surface area (Å²) >= 11 is 11.1. The molecule has 0 saturated carbocycles. The Morgan fingerprint density at radius 3 is 2.31 bits per heavy atom. The third-order valence-corrected chi connectivity index (χ3v) is 5.43. The van der Waals surface area contributed by atoms with Crippen molar-refractivity contribution < 1.29 is 19.1 Å². The predicted molar refractivity (Wildman–Crippen MR) is 145 cm³/mol. The largest absolute Gasteiger partial charge is 0.466 e. The number of rotatable bonds is 10. The van der Waals surface area contributed by atoms with Crippen LogP contribution in [-0.2, 0) is 20.7 Å². The van der Waals surface area contributed by atoms with Crippen LogP contribution in [0.5, 0.6) is 0 Å². The summed E-state index contributed by atoms with van der Waals surface area (Å²) in [6.45, 7) is 0.302. The second kappa shape index (κ2) is 14.0. The summed E-state index contributed by atoms with van der Waals surface area (Å²) in [7, 11) is 0. The topological polar surface area (TPSA) is 96.5 Å². The van der Waals surface area contributed by atoms with Gasteiger partial charge in [0.1, 0.15) is 0 Å². The van der Waals surface area contributed by atoms with Gasteiger partial charge in [-0.05, 0) is 67.0 Å². The maximum absolute atomic E-state index is 12.5. The Labute approximate surface area is 220 Å². The van der Waals surface area contributed by atoms with Gasteiger partial charge >= 0.3 is 5.97 Å². The number of amides is 2. The summed E-state index contributed by atoms with van der Waals surface area (Å²) < 4.78 is 5.19. The van der Waals surface area contributed by atoms with Crippen LogP contribution in [-0.4, -0.2) is 29.5 Å². The normalized spacial score (nSPS) is 10.2. The number of ether oxygens (including phenoxy) is 1. The van der Waals surface area contributed by atoms with E-state index < -0.39 is 11.9 Å². The van der Waals surface area contributed by atoms with E-state index >= 15 is 0 Å². The quantitative estimate of drug-likeness (QED) is 0.188. The summed E-state index contributed by atoms with van der Waals surface area (Å²) in [5.41, 5.74) is 2.67. The van der Waals surface area contributed by atoms with E-state index in [-0.39, 0.29) is 23.9 Å². The molecule has 3 N–H and O–H groups in total. The number of aryl methyl sites for hydroxylation is 1. The number of hydrogen-bond acceptors (Lipinski definition) is 5. The Hall–Kier alpha value is -3.75. The molecule has 0 aromatic heterocycles. The smallest absolute Gasteiger partial charge is 0.306 e. The zero-order valence-electron chi connectivity index (χ0n) is 19.5. The van der Waals surface area contributed by atoms with Crippen molar-refractivity contribution in [2.75, 3.05) is 17.2 Å². The first-order chi connectivity index (χ1) is 17.4. The third kappa shape index (κ3) is 9.48.